The molecule has 0 N–H and O–H groups in total. The van der Waals surface area contributed by atoms with Gasteiger partial charge < -0.3 is 4.57 Å². The quantitative estimate of drug-likeness (QED) is 0.184. The van der Waals surface area contributed by atoms with Gasteiger partial charge >= 0.3 is 0 Å². The van der Waals surface area contributed by atoms with E-state index in [4.69, 9.17) is 15.0 Å². The van der Waals surface area contributed by atoms with E-state index in [1.165, 1.54) is 69.9 Å². The Bertz CT molecular complexity index is 3020. The predicted octanol–water partition coefficient (Wildman–Crippen LogP) is 12.6. The minimum absolute atomic E-state index is 0.0745. The number of rotatable bonds is 4. The van der Waals surface area contributed by atoms with Gasteiger partial charge in [0.05, 0.1) is 11.0 Å². The highest BCUT2D eigenvalue weighted by molar-refractivity contribution is 7.25. The van der Waals surface area contributed by atoms with E-state index in [0.29, 0.717) is 17.5 Å². The maximum absolute atomic E-state index is 5.00. The molecule has 0 saturated carbocycles. The first-order valence-corrected chi connectivity index (χ1v) is 18.9. The molecule has 0 radical (unpaired) electrons. The molecule has 10 aromatic rings. The largest absolute Gasteiger partial charge is 0.309 e. The molecule has 0 fully saturated rings. The maximum atomic E-state index is 5.00. The second-order valence-electron chi connectivity index (χ2n) is 14.4. The molecule has 250 valence electrons. The van der Waals surface area contributed by atoms with Crippen LogP contribution in [0.2, 0.25) is 0 Å². The molecule has 3 heterocycles. The number of thiophene rings is 1. The summed E-state index contributed by atoms with van der Waals surface area (Å²) in [7, 11) is 0. The third kappa shape index (κ3) is 4.51. The molecule has 1 aliphatic carbocycles. The molecule has 7 aromatic carbocycles. The summed E-state index contributed by atoms with van der Waals surface area (Å²) in [5.41, 5.74) is 11.9. The van der Waals surface area contributed by atoms with Gasteiger partial charge in [0.2, 0.25) is 0 Å². The van der Waals surface area contributed by atoms with Gasteiger partial charge in [-0.05, 0) is 47.0 Å². The van der Waals surface area contributed by atoms with Gasteiger partial charge in [0, 0.05) is 64.3 Å². The summed E-state index contributed by atoms with van der Waals surface area (Å²) in [6, 6.07) is 56.4. The Labute approximate surface area is 310 Å². The fraction of sp³-hybridized carbons (Fsp3) is 0.0625. The number of hydrogen-bond donors (Lipinski definition) is 0. The molecule has 11 rings (SSSR count). The molecule has 0 aliphatic heterocycles. The summed E-state index contributed by atoms with van der Waals surface area (Å²) >= 11 is 1.81. The highest BCUT2D eigenvalue weighted by atomic mass is 32.1. The Morgan fingerprint density at radius 2 is 1.11 bits per heavy atom. The number of benzene rings is 7. The maximum Gasteiger partial charge on any atom is 0.164 e. The molecule has 0 saturated heterocycles. The van der Waals surface area contributed by atoms with Gasteiger partial charge in [-0.3, -0.25) is 0 Å². The van der Waals surface area contributed by atoms with Crippen molar-refractivity contribution in [3.05, 3.63) is 169 Å². The molecular weight excluding hydrogens is 665 g/mol. The number of aromatic nitrogens is 4. The average Bonchev–Trinajstić information content (AvgIpc) is 3.83. The Morgan fingerprint density at radius 3 is 1.87 bits per heavy atom. The topological polar surface area (TPSA) is 43.6 Å². The lowest BCUT2D eigenvalue weighted by atomic mass is 9.82. The van der Waals surface area contributed by atoms with Crippen molar-refractivity contribution in [3.8, 4) is 51.0 Å². The first kappa shape index (κ1) is 30.2. The zero-order chi connectivity index (χ0) is 35.3. The van der Waals surface area contributed by atoms with Crippen LogP contribution in [0.25, 0.3) is 93.0 Å². The minimum Gasteiger partial charge on any atom is -0.309 e. The summed E-state index contributed by atoms with van der Waals surface area (Å²) in [5, 5.41) is 5.04. The van der Waals surface area contributed by atoms with Crippen LogP contribution in [0.5, 0.6) is 0 Å². The van der Waals surface area contributed by atoms with Gasteiger partial charge in [-0.15, -0.1) is 11.3 Å². The van der Waals surface area contributed by atoms with Crippen molar-refractivity contribution < 1.29 is 0 Å². The lowest BCUT2D eigenvalue weighted by Gasteiger charge is -2.21. The van der Waals surface area contributed by atoms with Gasteiger partial charge in [-0.2, -0.15) is 0 Å². The highest BCUT2D eigenvalue weighted by Gasteiger charge is 2.37. The molecule has 0 atom stereocenters. The smallest absolute Gasteiger partial charge is 0.164 e. The van der Waals surface area contributed by atoms with Crippen molar-refractivity contribution >= 4 is 53.3 Å². The normalized spacial score (nSPS) is 13.2. The van der Waals surface area contributed by atoms with E-state index in [1.54, 1.807) is 0 Å². The van der Waals surface area contributed by atoms with E-state index >= 15 is 0 Å². The van der Waals surface area contributed by atoms with E-state index in [1.807, 2.05) is 72.0 Å². The SMILES string of the molecule is CC1(C)c2ccccc2-c2c1ccc1c3ccccc3n(-c3ccc4sc5cc(-c6nc(-c7ccccc7)nc(-c7ccccc7)n6)ccc5c4c3)c21. The molecule has 3 aromatic heterocycles. The van der Waals surface area contributed by atoms with Crippen molar-refractivity contribution in [1.82, 2.24) is 19.5 Å². The van der Waals surface area contributed by atoms with Gasteiger partial charge in [0.25, 0.3) is 0 Å². The van der Waals surface area contributed by atoms with Crippen molar-refractivity contribution in [1.29, 1.82) is 0 Å². The number of hydrogen-bond acceptors (Lipinski definition) is 4. The van der Waals surface area contributed by atoms with Gasteiger partial charge in [-0.1, -0.05) is 141 Å². The van der Waals surface area contributed by atoms with Crippen LogP contribution in [0, 0.1) is 0 Å². The lowest BCUT2D eigenvalue weighted by molar-refractivity contribution is 0.661. The van der Waals surface area contributed by atoms with Crippen LogP contribution in [0.3, 0.4) is 0 Å². The lowest BCUT2D eigenvalue weighted by Crippen LogP contribution is -2.14. The summed E-state index contributed by atoms with van der Waals surface area (Å²) in [5.74, 6) is 2.00. The van der Waals surface area contributed by atoms with Crippen LogP contribution < -0.4 is 0 Å². The van der Waals surface area contributed by atoms with Crippen LogP contribution in [-0.4, -0.2) is 19.5 Å². The Morgan fingerprint density at radius 1 is 0.472 bits per heavy atom. The number of nitrogens with zero attached hydrogens (tertiary/aromatic N) is 4. The molecule has 4 nitrogen and oxygen atoms in total. The average molecular weight is 697 g/mol. The van der Waals surface area contributed by atoms with Crippen molar-refractivity contribution in [3.63, 3.8) is 0 Å². The summed E-state index contributed by atoms with van der Waals surface area (Å²) in [6.45, 7) is 4.71. The molecule has 0 bridgehead atoms. The Kier molecular flexibility index (Phi) is 6.43. The summed E-state index contributed by atoms with van der Waals surface area (Å²) in [4.78, 5) is 14.9. The van der Waals surface area contributed by atoms with Crippen LogP contribution in [0.15, 0.2) is 158 Å². The van der Waals surface area contributed by atoms with Gasteiger partial charge in [-0.25, -0.2) is 15.0 Å². The molecule has 1 aliphatic rings. The van der Waals surface area contributed by atoms with E-state index in [0.717, 1.165) is 16.7 Å². The monoisotopic (exact) mass is 696 g/mol. The molecule has 0 spiro atoms. The fourth-order valence-electron chi connectivity index (χ4n) is 8.49. The number of fused-ring (bicyclic) bond motifs is 10. The molecule has 5 heteroatoms. The van der Waals surface area contributed by atoms with Crippen LogP contribution in [-0.2, 0) is 5.41 Å². The zero-order valence-electron chi connectivity index (χ0n) is 29.2. The second kappa shape index (κ2) is 11.3. The van der Waals surface area contributed by atoms with Gasteiger partial charge in [0.15, 0.2) is 17.5 Å². The Hall–Kier alpha value is -6.43. The van der Waals surface area contributed by atoms with Crippen molar-refractivity contribution in [2.24, 2.45) is 0 Å². The fourth-order valence-corrected chi connectivity index (χ4v) is 9.62. The summed E-state index contributed by atoms with van der Waals surface area (Å²) < 4.78 is 4.96. The molecule has 53 heavy (non-hydrogen) atoms. The first-order chi connectivity index (χ1) is 26.0. The molecular formula is C48H32N4S. The van der Waals surface area contributed by atoms with Crippen molar-refractivity contribution in [2.45, 2.75) is 19.3 Å². The Balaban J connectivity index is 1.10. The van der Waals surface area contributed by atoms with Crippen LogP contribution in [0.1, 0.15) is 25.0 Å². The summed E-state index contributed by atoms with van der Waals surface area (Å²) in [6.07, 6.45) is 0. The first-order valence-electron chi connectivity index (χ1n) is 18.0. The van der Waals surface area contributed by atoms with Crippen LogP contribution >= 0.6 is 11.3 Å². The minimum atomic E-state index is -0.0745. The third-order valence-corrected chi connectivity index (χ3v) is 12.2. The predicted molar refractivity (Wildman–Crippen MR) is 221 cm³/mol. The van der Waals surface area contributed by atoms with Gasteiger partial charge in [0.1, 0.15) is 0 Å². The zero-order valence-corrected chi connectivity index (χ0v) is 30.0. The van der Waals surface area contributed by atoms with E-state index in [2.05, 4.69) is 115 Å². The third-order valence-electron chi connectivity index (χ3n) is 11.1. The molecule has 0 unspecified atom stereocenters. The molecule has 0 amide bonds. The van der Waals surface area contributed by atoms with Crippen LogP contribution in [0.4, 0.5) is 0 Å². The standard InChI is InChI=1S/C48H32N4S/c1-48(2)38-19-11-9-18-36(38)43-39(48)25-24-35-33-17-10-12-20-40(33)52(44(35)43)32-22-26-41-37(28-32)34-23-21-31(27-42(34)53-41)47-50-45(29-13-5-3-6-14-29)49-46(51-47)30-15-7-4-8-16-30/h3-28H,1-2H3. The van der Waals surface area contributed by atoms with E-state index in [9.17, 15) is 0 Å². The van der Waals surface area contributed by atoms with E-state index in [-0.39, 0.29) is 5.41 Å². The van der Waals surface area contributed by atoms with Crippen molar-refractivity contribution in [2.75, 3.05) is 0 Å². The highest BCUT2D eigenvalue weighted by Crippen LogP contribution is 2.53. The number of para-hydroxylation sites is 1. The second-order valence-corrected chi connectivity index (χ2v) is 15.5. The van der Waals surface area contributed by atoms with E-state index < -0.39 is 0 Å².